The van der Waals surface area contributed by atoms with E-state index in [4.69, 9.17) is 0 Å². The largest absolute Gasteiger partial charge is 0.352 e. The number of carbonyl (C=O) groups excluding carboxylic acids is 1. The van der Waals surface area contributed by atoms with Gasteiger partial charge in [0.2, 0.25) is 5.91 Å². The number of hydrogen-bond acceptors (Lipinski definition) is 2. The molecule has 92 valence electrons. The Morgan fingerprint density at radius 3 is 2.76 bits per heavy atom. The number of hydrogen-bond donors (Lipinski definition) is 2. The van der Waals surface area contributed by atoms with Crippen LogP contribution in [0.15, 0.2) is 28.7 Å². The second-order valence-corrected chi connectivity index (χ2v) is 5.19. The molecule has 0 aliphatic carbocycles. The number of amides is 1. The number of carbonyl (C=O) groups is 1. The predicted molar refractivity (Wildman–Crippen MR) is 71.6 cm³/mol. The van der Waals surface area contributed by atoms with Gasteiger partial charge in [-0.2, -0.15) is 0 Å². The summed E-state index contributed by atoms with van der Waals surface area (Å²) in [5, 5.41) is 6.28. The summed E-state index contributed by atoms with van der Waals surface area (Å²) < 4.78 is 1.05. The first-order valence-electron chi connectivity index (χ1n) is 5.99. The summed E-state index contributed by atoms with van der Waals surface area (Å²) in [5.41, 5.74) is 1.12. The molecular formula is C13H17BrN2O. The van der Waals surface area contributed by atoms with Crippen LogP contribution < -0.4 is 10.6 Å². The van der Waals surface area contributed by atoms with Crippen molar-refractivity contribution in [2.45, 2.75) is 19.4 Å². The normalized spacial score (nSPS) is 16.8. The van der Waals surface area contributed by atoms with Gasteiger partial charge >= 0.3 is 0 Å². The van der Waals surface area contributed by atoms with Gasteiger partial charge in [0.25, 0.3) is 0 Å². The van der Waals surface area contributed by atoms with E-state index in [1.54, 1.807) is 0 Å². The molecule has 2 rings (SSSR count). The Hall–Kier alpha value is -0.870. The first kappa shape index (κ1) is 12.6. The van der Waals surface area contributed by atoms with Crippen LogP contribution in [-0.4, -0.2) is 19.0 Å². The second kappa shape index (κ2) is 6.17. The average molecular weight is 297 g/mol. The minimum Gasteiger partial charge on any atom is -0.352 e. The van der Waals surface area contributed by atoms with E-state index in [1.165, 1.54) is 0 Å². The van der Waals surface area contributed by atoms with Crippen LogP contribution in [0, 0.1) is 5.92 Å². The summed E-state index contributed by atoms with van der Waals surface area (Å²) in [5.74, 6) is 0.362. The molecule has 1 aromatic carbocycles. The van der Waals surface area contributed by atoms with Crippen LogP contribution in [0.3, 0.4) is 0 Å². The molecule has 0 radical (unpaired) electrons. The lowest BCUT2D eigenvalue weighted by Crippen LogP contribution is -2.37. The minimum atomic E-state index is 0.179. The van der Waals surface area contributed by atoms with E-state index in [1.807, 2.05) is 24.3 Å². The van der Waals surface area contributed by atoms with Gasteiger partial charge in [-0.05, 0) is 37.6 Å². The highest BCUT2D eigenvalue weighted by Crippen LogP contribution is 2.16. The molecule has 1 amide bonds. The van der Waals surface area contributed by atoms with Crippen molar-refractivity contribution >= 4 is 21.8 Å². The first-order chi connectivity index (χ1) is 8.27. The third-order valence-corrected chi connectivity index (χ3v) is 3.89. The summed E-state index contributed by atoms with van der Waals surface area (Å²) >= 11 is 3.48. The summed E-state index contributed by atoms with van der Waals surface area (Å²) in [6, 6.07) is 7.97. The lowest BCUT2D eigenvalue weighted by molar-refractivity contribution is -0.125. The van der Waals surface area contributed by atoms with Crippen molar-refractivity contribution in [2.24, 2.45) is 5.92 Å². The highest BCUT2D eigenvalue weighted by Gasteiger charge is 2.20. The second-order valence-electron chi connectivity index (χ2n) is 4.33. The number of rotatable bonds is 3. The van der Waals surface area contributed by atoms with Crippen molar-refractivity contribution in [3.8, 4) is 0 Å². The summed E-state index contributed by atoms with van der Waals surface area (Å²) in [6.45, 7) is 2.50. The van der Waals surface area contributed by atoms with Crippen LogP contribution in [-0.2, 0) is 11.3 Å². The van der Waals surface area contributed by atoms with Gasteiger partial charge in [-0.25, -0.2) is 0 Å². The molecule has 0 atom stereocenters. The van der Waals surface area contributed by atoms with Gasteiger partial charge in [0.05, 0.1) is 0 Å². The van der Waals surface area contributed by atoms with Gasteiger partial charge in [-0.15, -0.1) is 0 Å². The van der Waals surface area contributed by atoms with Gasteiger partial charge in [-0.1, -0.05) is 34.1 Å². The topological polar surface area (TPSA) is 41.1 Å². The Balaban J connectivity index is 1.85. The maximum atomic E-state index is 11.9. The molecule has 0 saturated carbocycles. The Kier molecular flexibility index (Phi) is 4.57. The Morgan fingerprint density at radius 2 is 2.06 bits per heavy atom. The van der Waals surface area contributed by atoms with Crippen molar-refractivity contribution in [3.05, 3.63) is 34.3 Å². The maximum Gasteiger partial charge on any atom is 0.223 e. The Bertz CT molecular complexity index is 389. The van der Waals surface area contributed by atoms with Gasteiger partial charge in [0.1, 0.15) is 0 Å². The van der Waals surface area contributed by atoms with Crippen LogP contribution in [0.5, 0.6) is 0 Å². The molecule has 1 aliphatic rings. The molecule has 1 saturated heterocycles. The molecule has 1 fully saturated rings. The molecule has 1 aromatic rings. The number of halogens is 1. The van der Waals surface area contributed by atoms with E-state index in [0.717, 1.165) is 36.0 Å². The number of nitrogens with one attached hydrogen (secondary N) is 2. The van der Waals surface area contributed by atoms with E-state index in [0.29, 0.717) is 6.54 Å². The van der Waals surface area contributed by atoms with Gasteiger partial charge in [0.15, 0.2) is 0 Å². The van der Waals surface area contributed by atoms with Gasteiger partial charge in [0, 0.05) is 16.9 Å². The number of piperidine rings is 1. The molecule has 1 heterocycles. The molecule has 0 bridgehead atoms. The molecular weight excluding hydrogens is 280 g/mol. The lowest BCUT2D eigenvalue weighted by Gasteiger charge is -2.21. The highest BCUT2D eigenvalue weighted by atomic mass is 79.9. The highest BCUT2D eigenvalue weighted by molar-refractivity contribution is 9.10. The molecule has 4 heteroatoms. The minimum absolute atomic E-state index is 0.179. The van der Waals surface area contributed by atoms with E-state index in [9.17, 15) is 4.79 Å². The van der Waals surface area contributed by atoms with E-state index in [-0.39, 0.29) is 11.8 Å². The standard InChI is InChI=1S/C13H17BrN2O/c14-12-4-2-1-3-11(12)9-16-13(17)10-5-7-15-8-6-10/h1-4,10,15H,5-9H2,(H,16,17). The van der Waals surface area contributed by atoms with Crippen LogP contribution >= 0.6 is 15.9 Å². The lowest BCUT2D eigenvalue weighted by atomic mass is 9.97. The van der Waals surface area contributed by atoms with Crippen molar-refractivity contribution in [3.63, 3.8) is 0 Å². The SMILES string of the molecule is O=C(NCc1ccccc1Br)C1CCNCC1. The maximum absolute atomic E-state index is 11.9. The first-order valence-corrected chi connectivity index (χ1v) is 6.78. The molecule has 0 aromatic heterocycles. The molecule has 0 spiro atoms. The third-order valence-electron chi connectivity index (χ3n) is 3.12. The van der Waals surface area contributed by atoms with Gasteiger partial charge < -0.3 is 10.6 Å². The zero-order valence-corrected chi connectivity index (χ0v) is 11.3. The molecule has 3 nitrogen and oxygen atoms in total. The Labute approximate surface area is 110 Å². The van der Waals surface area contributed by atoms with Crippen LogP contribution in [0.1, 0.15) is 18.4 Å². The van der Waals surface area contributed by atoms with Crippen molar-refractivity contribution in [2.75, 3.05) is 13.1 Å². The summed E-state index contributed by atoms with van der Waals surface area (Å²) in [7, 11) is 0. The average Bonchev–Trinajstić information content (AvgIpc) is 2.38. The van der Waals surface area contributed by atoms with Crippen molar-refractivity contribution < 1.29 is 4.79 Å². The molecule has 1 aliphatic heterocycles. The van der Waals surface area contributed by atoms with E-state index >= 15 is 0 Å². The van der Waals surface area contributed by atoms with Gasteiger partial charge in [-0.3, -0.25) is 4.79 Å². The number of benzene rings is 1. The van der Waals surface area contributed by atoms with Crippen LogP contribution in [0.2, 0.25) is 0 Å². The Morgan fingerprint density at radius 1 is 1.35 bits per heavy atom. The van der Waals surface area contributed by atoms with E-state index in [2.05, 4.69) is 26.6 Å². The zero-order valence-electron chi connectivity index (χ0n) is 9.71. The van der Waals surface area contributed by atoms with Crippen LogP contribution in [0.4, 0.5) is 0 Å². The van der Waals surface area contributed by atoms with E-state index < -0.39 is 0 Å². The fourth-order valence-electron chi connectivity index (χ4n) is 2.05. The summed E-state index contributed by atoms with van der Waals surface area (Å²) in [4.78, 5) is 11.9. The smallest absolute Gasteiger partial charge is 0.223 e. The predicted octanol–water partition coefficient (Wildman–Crippen LogP) is 2.06. The summed E-state index contributed by atoms with van der Waals surface area (Å²) in [6.07, 6.45) is 1.89. The van der Waals surface area contributed by atoms with Crippen molar-refractivity contribution in [1.82, 2.24) is 10.6 Å². The fourth-order valence-corrected chi connectivity index (χ4v) is 2.48. The van der Waals surface area contributed by atoms with Crippen molar-refractivity contribution in [1.29, 1.82) is 0 Å². The fraction of sp³-hybridized carbons (Fsp3) is 0.462. The third kappa shape index (κ3) is 3.54. The molecule has 17 heavy (non-hydrogen) atoms. The molecule has 0 unspecified atom stereocenters. The van der Waals surface area contributed by atoms with Crippen LogP contribution in [0.25, 0.3) is 0 Å². The quantitative estimate of drug-likeness (QED) is 0.896. The monoisotopic (exact) mass is 296 g/mol. The molecule has 2 N–H and O–H groups in total. The zero-order chi connectivity index (χ0) is 12.1.